The van der Waals surface area contributed by atoms with Crippen LogP contribution in [0, 0.1) is 11.6 Å². The summed E-state index contributed by atoms with van der Waals surface area (Å²) in [5, 5.41) is 0.274. The normalized spacial score (nSPS) is 20.2. The Morgan fingerprint density at radius 1 is 1.11 bits per heavy atom. The summed E-state index contributed by atoms with van der Waals surface area (Å²) in [4.78, 5) is 16.6. The van der Waals surface area contributed by atoms with Gasteiger partial charge in [0, 0.05) is 36.7 Å². The van der Waals surface area contributed by atoms with E-state index in [1.165, 1.54) is 24.3 Å². The summed E-state index contributed by atoms with van der Waals surface area (Å²) >= 11 is 5.72. The Bertz CT molecular complexity index is 832. The standard InChI is InChI=1S/C21H23ClF2N2O2/c1-14-11-26(21(27)13-28-20-8-5-17(22)9-19(20)24)15(2)10-25(14)12-16-3-6-18(23)7-4-16/h3-9,14-15H,10-13H2,1-2H3/t14-,15+/m0/s1. The third-order valence-electron chi connectivity index (χ3n) is 4.98. The van der Waals surface area contributed by atoms with Gasteiger partial charge in [-0.15, -0.1) is 0 Å². The third-order valence-corrected chi connectivity index (χ3v) is 5.21. The van der Waals surface area contributed by atoms with E-state index in [1.54, 1.807) is 17.0 Å². The molecule has 0 saturated carbocycles. The highest BCUT2D eigenvalue weighted by Gasteiger charge is 2.32. The van der Waals surface area contributed by atoms with E-state index in [-0.39, 0.29) is 41.2 Å². The van der Waals surface area contributed by atoms with Crippen LogP contribution in [0.25, 0.3) is 0 Å². The highest BCUT2D eigenvalue weighted by molar-refractivity contribution is 6.30. The lowest BCUT2D eigenvalue weighted by Crippen LogP contribution is -2.58. The number of rotatable bonds is 5. The average Bonchev–Trinajstić information content (AvgIpc) is 2.65. The number of halogens is 3. The van der Waals surface area contributed by atoms with Gasteiger partial charge in [-0.1, -0.05) is 23.7 Å². The molecule has 1 saturated heterocycles. The van der Waals surface area contributed by atoms with Crippen molar-refractivity contribution in [2.24, 2.45) is 0 Å². The van der Waals surface area contributed by atoms with Crippen LogP contribution in [0.3, 0.4) is 0 Å². The Kier molecular flexibility index (Phi) is 6.52. The number of carbonyl (C=O) groups is 1. The van der Waals surface area contributed by atoms with E-state index >= 15 is 0 Å². The SMILES string of the molecule is C[C@@H]1CN(Cc2ccc(F)cc2)[C@@H](C)CN1C(=O)COc1ccc(Cl)cc1F. The summed E-state index contributed by atoms with van der Waals surface area (Å²) in [6.07, 6.45) is 0. The van der Waals surface area contributed by atoms with E-state index in [9.17, 15) is 13.6 Å². The molecule has 1 amide bonds. The Hall–Kier alpha value is -2.18. The van der Waals surface area contributed by atoms with Crippen LogP contribution in [0.1, 0.15) is 19.4 Å². The molecule has 0 unspecified atom stereocenters. The first-order valence-electron chi connectivity index (χ1n) is 9.19. The minimum Gasteiger partial charge on any atom is -0.481 e. The molecule has 2 atom stereocenters. The maximum absolute atomic E-state index is 13.8. The zero-order chi connectivity index (χ0) is 20.3. The van der Waals surface area contributed by atoms with Gasteiger partial charge in [-0.25, -0.2) is 8.78 Å². The maximum atomic E-state index is 13.8. The van der Waals surface area contributed by atoms with Crippen molar-refractivity contribution in [3.8, 4) is 5.75 Å². The van der Waals surface area contributed by atoms with Gasteiger partial charge in [-0.3, -0.25) is 9.69 Å². The minimum absolute atomic E-state index is 0.00778. The molecular weight excluding hydrogens is 386 g/mol. The van der Waals surface area contributed by atoms with Gasteiger partial charge in [-0.05, 0) is 49.7 Å². The Balaban J connectivity index is 1.57. The van der Waals surface area contributed by atoms with Crippen LogP contribution in [-0.4, -0.2) is 47.5 Å². The predicted molar refractivity (Wildman–Crippen MR) is 104 cm³/mol. The molecule has 4 nitrogen and oxygen atoms in total. The van der Waals surface area contributed by atoms with Crippen LogP contribution < -0.4 is 4.74 Å². The van der Waals surface area contributed by atoms with Crippen molar-refractivity contribution in [3.05, 3.63) is 64.7 Å². The summed E-state index contributed by atoms with van der Waals surface area (Å²) < 4.78 is 32.2. The highest BCUT2D eigenvalue weighted by Crippen LogP contribution is 2.22. The number of carbonyl (C=O) groups excluding carboxylic acids is 1. The van der Waals surface area contributed by atoms with Crippen LogP contribution in [0.15, 0.2) is 42.5 Å². The quantitative estimate of drug-likeness (QED) is 0.746. The molecule has 1 fully saturated rings. The lowest BCUT2D eigenvalue weighted by molar-refractivity contribution is -0.139. The zero-order valence-corrected chi connectivity index (χ0v) is 16.6. The van der Waals surface area contributed by atoms with Crippen molar-refractivity contribution in [1.82, 2.24) is 9.80 Å². The topological polar surface area (TPSA) is 32.8 Å². The molecule has 0 radical (unpaired) electrons. The second kappa shape index (κ2) is 8.88. The van der Waals surface area contributed by atoms with Gasteiger partial charge in [0.1, 0.15) is 5.82 Å². The Morgan fingerprint density at radius 3 is 2.50 bits per heavy atom. The molecule has 2 aromatic rings. The molecule has 0 spiro atoms. The minimum atomic E-state index is -0.592. The van der Waals surface area contributed by atoms with Crippen molar-refractivity contribution in [1.29, 1.82) is 0 Å². The summed E-state index contributed by atoms with van der Waals surface area (Å²) in [6.45, 7) is 5.74. The number of amides is 1. The molecule has 1 heterocycles. The predicted octanol–water partition coefficient (Wildman–Crippen LogP) is 4.12. The zero-order valence-electron chi connectivity index (χ0n) is 15.9. The first kappa shape index (κ1) is 20.6. The molecule has 3 rings (SSSR count). The van der Waals surface area contributed by atoms with Crippen LogP contribution in [0.4, 0.5) is 8.78 Å². The third kappa shape index (κ3) is 5.00. The molecular formula is C21H23ClF2N2O2. The smallest absolute Gasteiger partial charge is 0.260 e. The second-order valence-electron chi connectivity index (χ2n) is 7.16. The first-order valence-corrected chi connectivity index (χ1v) is 9.57. The van der Waals surface area contributed by atoms with Crippen molar-refractivity contribution in [2.45, 2.75) is 32.5 Å². The highest BCUT2D eigenvalue weighted by atomic mass is 35.5. The van der Waals surface area contributed by atoms with E-state index in [4.69, 9.17) is 16.3 Å². The van der Waals surface area contributed by atoms with Gasteiger partial charge in [0.15, 0.2) is 18.2 Å². The Labute approximate surface area is 168 Å². The van der Waals surface area contributed by atoms with E-state index in [0.29, 0.717) is 19.6 Å². The van der Waals surface area contributed by atoms with Gasteiger partial charge in [0.05, 0.1) is 0 Å². The van der Waals surface area contributed by atoms with Crippen LogP contribution >= 0.6 is 11.6 Å². The summed E-state index contributed by atoms with van der Waals surface area (Å²) in [6, 6.07) is 10.7. The second-order valence-corrected chi connectivity index (χ2v) is 7.60. The lowest BCUT2D eigenvalue weighted by atomic mass is 10.1. The van der Waals surface area contributed by atoms with E-state index in [2.05, 4.69) is 11.8 Å². The van der Waals surface area contributed by atoms with Gasteiger partial charge >= 0.3 is 0 Å². The molecule has 0 aromatic heterocycles. The molecule has 0 aliphatic carbocycles. The van der Waals surface area contributed by atoms with Gasteiger partial charge in [0.25, 0.3) is 5.91 Å². The van der Waals surface area contributed by atoms with Crippen molar-refractivity contribution < 1.29 is 18.3 Å². The van der Waals surface area contributed by atoms with E-state index in [1.807, 2.05) is 6.92 Å². The summed E-state index contributed by atoms with van der Waals surface area (Å²) in [7, 11) is 0. The molecule has 0 N–H and O–H groups in total. The lowest BCUT2D eigenvalue weighted by Gasteiger charge is -2.44. The molecule has 1 aliphatic heterocycles. The molecule has 2 aromatic carbocycles. The number of nitrogens with zero attached hydrogens (tertiary/aromatic N) is 2. The molecule has 7 heteroatoms. The number of piperazine rings is 1. The number of hydrogen-bond acceptors (Lipinski definition) is 3. The fraction of sp³-hybridized carbons (Fsp3) is 0.381. The van der Waals surface area contributed by atoms with Gasteiger partial charge in [-0.2, -0.15) is 0 Å². The van der Waals surface area contributed by atoms with Crippen molar-refractivity contribution in [3.63, 3.8) is 0 Å². The van der Waals surface area contributed by atoms with Gasteiger partial charge < -0.3 is 9.64 Å². The molecule has 1 aliphatic rings. The fourth-order valence-electron chi connectivity index (χ4n) is 3.40. The fourth-order valence-corrected chi connectivity index (χ4v) is 3.56. The first-order chi connectivity index (χ1) is 13.3. The van der Waals surface area contributed by atoms with Crippen LogP contribution in [-0.2, 0) is 11.3 Å². The Morgan fingerprint density at radius 2 is 1.82 bits per heavy atom. The van der Waals surface area contributed by atoms with Crippen molar-refractivity contribution >= 4 is 17.5 Å². The summed E-state index contributed by atoms with van der Waals surface area (Å²) in [5.74, 6) is -1.02. The number of hydrogen-bond donors (Lipinski definition) is 0. The van der Waals surface area contributed by atoms with E-state index < -0.39 is 5.82 Å². The number of ether oxygens (including phenoxy) is 1. The maximum Gasteiger partial charge on any atom is 0.260 e. The largest absolute Gasteiger partial charge is 0.481 e. The monoisotopic (exact) mass is 408 g/mol. The average molecular weight is 409 g/mol. The molecule has 0 bridgehead atoms. The van der Waals surface area contributed by atoms with Crippen LogP contribution in [0.5, 0.6) is 5.75 Å². The van der Waals surface area contributed by atoms with E-state index in [0.717, 1.165) is 11.6 Å². The number of benzene rings is 2. The molecule has 28 heavy (non-hydrogen) atoms. The molecule has 150 valence electrons. The van der Waals surface area contributed by atoms with Gasteiger partial charge in [0.2, 0.25) is 0 Å². The summed E-state index contributed by atoms with van der Waals surface area (Å²) in [5.41, 5.74) is 1.03. The van der Waals surface area contributed by atoms with Crippen LogP contribution in [0.2, 0.25) is 5.02 Å². The van der Waals surface area contributed by atoms with Crippen molar-refractivity contribution in [2.75, 3.05) is 19.7 Å².